The largest absolute Gasteiger partial charge is 0.507 e. The average Bonchev–Trinajstić information content (AvgIpc) is 2.86. The molecule has 1 aromatic carbocycles. The van der Waals surface area contributed by atoms with Crippen LogP contribution in [0.1, 0.15) is 5.56 Å². The normalized spacial score (nSPS) is 11.5. The highest BCUT2D eigenvalue weighted by molar-refractivity contribution is 5.75. The van der Waals surface area contributed by atoms with Crippen molar-refractivity contribution in [3.05, 3.63) is 36.2 Å². The van der Waals surface area contributed by atoms with E-state index in [2.05, 4.69) is 9.84 Å². The minimum atomic E-state index is -4.38. The van der Waals surface area contributed by atoms with Crippen LogP contribution in [0, 0.1) is 0 Å². The van der Waals surface area contributed by atoms with Gasteiger partial charge in [0.1, 0.15) is 12.3 Å². The Kier molecular flexibility index (Phi) is 4.39. The Balaban J connectivity index is 2.28. The summed E-state index contributed by atoms with van der Waals surface area (Å²) in [6.45, 7) is -1.21. The maximum atomic E-state index is 12.3. The van der Waals surface area contributed by atoms with E-state index in [1.54, 1.807) is 0 Å². The van der Waals surface area contributed by atoms with E-state index in [4.69, 9.17) is 0 Å². The van der Waals surface area contributed by atoms with E-state index in [0.29, 0.717) is 16.7 Å². The highest BCUT2D eigenvalue weighted by Crippen LogP contribution is 2.30. The molecule has 0 amide bonds. The van der Waals surface area contributed by atoms with E-state index in [0.717, 1.165) is 4.68 Å². The smallest absolute Gasteiger partial charge is 0.408 e. The summed E-state index contributed by atoms with van der Waals surface area (Å²) in [5.74, 6) is -0.565. The Morgan fingerprint density at radius 3 is 2.77 bits per heavy atom. The molecule has 0 fully saturated rings. The van der Waals surface area contributed by atoms with E-state index in [1.807, 2.05) is 0 Å². The van der Waals surface area contributed by atoms with E-state index in [9.17, 15) is 23.1 Å². The van der Waals surface area contributed by atoms with E-state index in [-0.39, 0.29) is 12.2 Å². The van der Waals surface area contributed by atoms with Gasteiger partial charge in [-0.25, -0.2) is 0 Å². The van der Waals surface area contributed by atoms with Crippen molar-refractivity contribution in [1.82, 2.24) is 9.78 Å². The lowest BCUT2D eigenvalue weighted by Gasteiger charge is -2.07. The molecular weight excluding hydrogens is 301 g/mol. The van der Waals surface area contributed by atoms with E-state index in [1.165, 1.54) is 37.7 Å². The van der Waals surface area contributed by atoms with Gasteiger partial charge in [0.2, 0.25) is 0 Å². The summed E-state index contributed by atoms with van der Waals surface area (Å²) in [4.78, 5) is 11.2. The molecule has 0 saturated heterocycles. The molecule has 0 atom stereocenters. The fourth-order valence-corrected chi connectivity index (χ4v) is 1.94. The number of aromatic nitrogens is 2. The number of rotatable bonds is 4. The van der Waals surface area contributed by atoms with Crippen LogP contribution in [-0.2, 0) is 22.5 Å². The SMILES string of the molecule is COC(=O)Cc1ccc(O)c(-c2cnn(CC(F)(F)F)c2)c1. The van der Waals surface area contributed by atoms with Crippen molar-refractivity contribution in [2.45, 2.75) is 19.1 Å². The van der Waals surface area contributed by atoms with Crippen molar-refractivity contribution in [2.24, 2.45) is 0 Å². The van der Waals surface area contributed by atoms with Gasteiger partial charge in [0, 0.05) is 17.3 Å². The molecule has 1 aromatic heterocycles. The lowest BCUT2D eigenvalue weighted by Crippen LogP contribution is -2.17. The first-order chi connectivity index (χ1) is 10.3. The van der Waals surface area contributed by atoms with Gasteiger partial charge in [0.05, 0.1) is 19.7 Å². The van der Waals surface area contributed by atoms with Crippen molar-refractivity contribution < 1.29 is 27.8 Å². The fourth-order valence-electron chi connectivity index (χ4n) is 1.94. The number of nitrogens with zero attached hydrogens (tertiary/aromatic N) is 2. The lowest BCUT2D eigenvalue weighted by molar-refractivity contribution is -0.142. The van der Waals surface area contributed by atoms with Crippen molar-refractivity contribution in [3.8, 4) is 16.9 Å². The molecule has 8 heteroatoms. The summed E-state index contributed by atoms with van der Waals surface area (Å²) in [5, 5.41) is 13.5. The Morgan fingerprint density at radius 2 is 2.14 bits per heavy atom. The molecule has 0 bridgehead atoms. The third kappa shape index (κ3) is 4.00. The number of halogens is 3. The monoisotopic (exact) mass is 314 g/mol. The zero-order valence-corrected chi connectivity index (χ0v) is 11.6. The van der Waals surface area contributed by atoms with Gasteiger partial charge in [-0.05, 0) is 17.7 Å². The van der Waals surface area contributed by atoms with Gasteiger partial charge in [-0.3, -0.25) is 9.48 Å². The molecule has 0 aliphatic rings. The molecular formula is C14H13F3N2O3. The molecule has 1 heterocycles. The van der Waals surface area contributed by atoms with Crippen LogP contribution in [0.4, 0.5) is 13.2 Å². The molecule has 1 N–H and O–H groups in total. The molecule has 0 aliphatic carbocycles. The third-order valence-corrected chi connectivity index (χ3v) is 2.92. The number of benzene rings is 1. The van der Waals surface area contributed by atoms with Gasteiger partial charge >= 0.3 is 12.1 Å². The van der Waals surface area contributed by atoms with Crippen LogP contribution >= 0.6 is 0 Å². The lowest BCUT2D eigenvalue weighted by atomic mass is 10.0. The van der Waals surface area contributed by atoms with Gasteiger partial charge in [-0.1, -0.05) is 6.07 Å². The Morgan fingerprint density at radius 1 is 1.41 bits per heavy atom. The van der Waals surface area contributed by atoms with Crippen molar-refractivity contribution in [2.75, 3.05) is 7.11 Å². The zero-order chi connectivity index (χ0) is 16.3. The van der Waals surface area contributed by atoms with Crippen LogP contribution in [0.2, 0.25) is 0 Å². The van der Waals surface area contributed by atoms with Crippen LogP contribution in [0.3, 0.4) is 0 Å². The van der Waals surface area contributed by atoms with Crippen molar-refractivity contribution in [3.63, 3.8) is 0 Å². The Bertz CT molecular complexity index is 680. The maximum Gasteiger partial charge on any atom is 0.408 e. The van der Waals surface area contributed by atoms with Crippen LogP contribution in [0.25, 0.3) is 11.1 Å². The number of aromatic hydroxyl groups is 1. The summed E-state index contributed by atoms with van der Waals surface area (Å²) in [5.41, 5.74) is 1.20. The molecule has 0 unspecified atom stereocenters. The number of hydrogen-bond donors (Lipinski definition) is 1. The number of phenols is 1. The number of carbonyl (C=O) groups is 1. The number of phenolic OH excluding ortho intramolecular Hbond substituents is 1. The predicted octanol–water partition coefficient (Wildman–Crippen LogP) is 2.53. The van der Waals surface area contributed by atoms with E-state index < -0.39 is 18.7 Å². The highest BCUT2D eigenvalue weighted by atomic mass is 19.4. The molecule has 2 rings (SSSR count). The van der Waals surface area contributed by atoms with Crippen molar-refractivity contribution in [1.29, 1.82) is 0 Å². The first-order valence-corrected chi connectivity index (χ1v) is 6.27. The van der Waals surface area contributed by atoms with Crippen LogP contribution in [0.5, 0.6) is 5.75 Å². The van der Waals surface area contributed by atoms with Gasteiger partial charge in [0.15, 0.2) is 0 Å². The standard InChI is InChI=1S/C14H13F3N2O3/c1-22-13(21)5-9-2-3-12(20)11(4-9)10-6-18-19(7-10)8-14(15,16)17/h2-4,6-7,20H,5,8H2,1H3. The highest BCUT2D eigenvalue weighted by Gasteiger charge is 2.28. The quantitative estimate of drug-likeness (QED) is 0.881. The van der Waals surface area contributed by atoms with Crippen LogP contribution in [0.15, 0.2) is 30.6 Å². The Labute approximate surface area is 123 Å². The average molecular weight is 314 g/mol. The second kappa shape index (κ2) is 6.08. The summed E-state index contributed by atoms with van der Waals surface area (Å²) in [6, 6.07) is 4.42. The molecule has 2 aromatic rings. The van der Waals surface area contributed by atoms with Crippen LogP contribution < -0.4 is 0 Å². The molecule has 118 valence electrons. The summed E-state index contributed by atoms with van der Waals surface area (Å²) in [7, 11) is 1.25. The first-order valence-electron chi connectivity index (χ1n) is 6.27. The zero-order valence-electron chi connectivity index (χ0n) is 11.6. The number of ether oxygens (including phenoxy) is 1. The Hall–Kier alpha value is -2.51. The summed E-state index contributed by atoms with van der Waals surface area (Å²) >= 11 is 0. The van der Waals surface area contributed by atoms with Gasteiger partial charge < -0.3 is 9.84 Å². The van der Waals surface area contributed by atoms with Gasteiger partial charge in [-0.15, -0.1) is 0 Å². The van der Waals surface area contributed by atoms with Crippen molar-refractivity contribution >= 4 is 5.97 Å². The molecule has 5 nitrogen and oxygen atoms in total. The van der Waals surface area contributed by atoms with E-state index >= 15 is 0 Å². The number of hydrogen-bond acceptors (Lipinski definition) is 4. The molecule has 0 radical (unpaired) electrons. The van der Waals surface area contributed by atoms with Crippen LogP contribution in [-0.4, -0.2) is 34.1 Å². The number of carbonyl (C=O) groups excluding carboxylic acids is 1. The maximum absolute atomic E-state index is 12.3. The minimum Gasteiger partial charge on any atom is -0.507 e. The molecule has 0 saturated carbocycles. The third-order valence-electron chi connectivity index (χ3n) is 2.92. The van der Waals surface area contributed by atoms with Gasteiger partial charge in [0.25, 0.3) is 0 Å². The second-order valence-electron chi connectivity index (χ2n) is 4.65. The number of methoxy groups -OCH3 is 1. The predicted molar refractivity (Wildman–Crippen MR) is 71.1 cm³/mol. The first kappa shape index (κ1) is 15.9. The molecule has 22 heavy (non-hydrogen) atoms. The minimum absolute atomic E-state index is 0.000465. The number of alkyl halides is 3. The fraction of sp³-hybridized carbons (Fsp3) is 0.286. The summed E-state index contributed by atoms with van der Waals surface area (Å²) < 4.78 is 42.2. The van der Waals surface area contributed by atoms with Gasteiger partial charge in [-0.2, -0.15) is 18.3 Å². The number of esters is 1. The topological polar surface area (TPSA) is 64.3 Å². The second-order valence-corrected chi connectivity index (χ2v) is 4.65. The summed E-state index contributed by atoms with van der Waals surface area (Å²) in [6.07, 6.45) is -1.97. The molecule has 0 spiro atoms. The molecule has 0 aliphatic heterocycles.